The van der Waals surface area contributed by atoms with Crippen LogP contribution in [0.4, 0.5) is 0 Å². The van der Waals surface area contributed by atoms with Crippen molar-refractivity contribution in [3.8, 4) is 0 Å². The van der Waals surface area contributed by atoms with Gasteiger partial charge in [-0.15, -0.1) is 0 Å². The van der Waals surface area contributed by atoms with Gasteiger partial charge in [-0.2, -0.15) is 0 Å². The second kappa shape index (κ2) is 8.50. The van der Waals surface area contributed by atoms with Crippen molar-refractivity contribution in [2.75, 3.05) is 26.2 Å². The Morgan fingerprint density at radius 3 is 2.60 bits per heavy atom. The molecule has 2 N–H and O–H groups in total. The Morgan fingerprint density at radius 2 is 1.90 bits per heavy atom. The van der Waals surface area contributed by atoms with Crippen LogP contribution in [-0.2, 0) is 4.74 Å². The van der Waals surface area contributed by atoms with Crippen LogP contribution in [0.15, 0.2) is 4.99 Å². The Hall–Kier alpha value is -0.770. The van der Waals surface area contributed by atoms with E-state index in [4.69, 9.17) is 10.5 Å². The first-order chi connectivity index (χ1) is 9.75. The monoisotopic (exact) mass is 281 g/mol. The zero-order chi connectivity index (χ0) is 14.2. The Morgan fingerprint density at radius 1 is 1.15 bits per heavy atom. The Labute approximate surface area is 123 Å². The minimum absolute atomic E-state index is 0.462. The van der Waals surface area contributed by atoms with Gasteiger partial charge < -0.3 is 15.4 Å². The van der Waals surface area contributed by atoms with Crippen LogP contribution in [0.2, 0.25) is 0 Å². The van der Waals surface area contributed by atoms with Gasteiger partial charge in [0.1, 0.15) is 0 Å². The molecule has 0 bridgehead atoms. The second-order valence-electron chi connectivity index (χ2n) is 6.42. The van der Waals surface area contributed by atoms with Gasteiger partial charge in [-0.3, -0.25) is 4.99 Å². The van der Waals surface area contributed by atoms with Gasteiger partial charge in [-0.05, 0) is 31.6 Å². The average molecular weight is 281 g/mol. The fourth-order valence-electron chi connectivity index (χ4n) is 3.29. The molecule has 2 aliphatic rings. The van der Waals surface area contributed by atoms with Gasteiger partial charge in [0.2, 0.25) is 0 Å². The number of guanidine groups is 1. The predicted molar refractivity (Wildman–Crippen MR) is 83.9 cm³/mol. The molecule has 1 aliphatic carbocycles. The van der Waals surface area contributed by atoms with E-state index in [9.17, 15) is 0 Å². The number of rotatable bonds is 4. The molecule has 0 radical (unpaired) electrons. The number of hydrogen-bond donors (Lipinski definition) is 1. The highest BCUT2D eigenvalue weighted by Gasteiger charge is 2.17. The molecule has 2 fully saturated rings. The third kappa shape index (κ3) is 5.31. The van der Waals surface area contributed by atoms with Crippen molar-refractivity contribution in [2.24, 2.45) is 16.6 Å². The molecule has 0 aromatic rings. The van der Waals surface area contributed by atoms with Crippen molar-refractivity contribution in [2.45, 2.75) is 64.4 Å². The summed E-state index contributed by atoms with van der Waals surface area (Å²) in [5.74, 6) is 1.45. The van der Waals surface area contributed by atoms with E-state index in [1.807, 2.05) is 0 Å². The van der Waals surface area contributed by atoms with E-state index < -0.39 is 0 Å². The van der Waals surface area contributed by atoms with Crippen LogP contribution in [0.1, 0.15) is 58.3 Å². The third-order valence-electron chi connectivity index (χ3n) is 4.50. The van der Waals surface area contributed by atoms with Gasteiger partial charge in [0.25, 0.3) is 0 Å². The number of aliphatic imine (C=N–C) groups is 1. The number of likely N-dealkylation sites (tertiary alicyclic amines) is 1. The van der Waals surface area contributed by atoms with Crippen LogP contribution >= 0.6 is 0 Å². The molecule has 1 unspecified atom stereocenters. The van der Waals surface area contributed by atoms with Crippen molar-refractivity contribution in [1.29, 1.82) is 0 Å². The molecular formula is C16H31N3O. The fraction of sp³-hybridized carbons (Fsp3) is 0.938. The van der Waals surface area contributed by atoms with Crippen LogP contribution in [0.3, 0.4) is 0 Å². The van der Waals surface area contributed by atoms with Crippen LogP contribution in [0, 0.1) is 5.92 Å². The number of hydrogen-bond acceptors (Lipinski definition) is 2. The lowest BCUT2D eigenvalue weighted by atomic mass is 10.0. The van der Waals surface area contributed by atoms with Crippen molar-refractivity contribution in [3.05, 3.63) is 0 Å². The lowest BCUT2D eigenvalue weighted by Crippen LogP contribution is -2.43. The van der Waals surface area contributed by atoms with Crippen molar-refractivity contribution in [1.82, 2.24) is 4.90 Å². The minimum atomic E-state index is 0.462. The van der Waals surface area contributed by atoms with Crippen molar-refractivity contribution < 1.29 is 4.74 Å². The zero-order valence-corrected chi connectivity index (χ0v) is 13.0. The molecule has 2 rings (SSSR count). The third-order valence-corrected chi connectivity index (χ3v) is 4.50. The molecule has 1 heterocycles. The number of nitrogens with zero attached hydrogens (tertiary/aromatic N) is 2. The molecule has 1 saturated carbocycles. The highest BCUT2D eigenvalue weighted by Crippen LogP contribution is 2.19. The molecule has 116 valence electrons. The summed E-state index contributed by atoms with van der Waals surface area (Å²) in [4.78, 5) is 6.71. The smallest absolute Gasteiger partial charge is 0.191 e. The molecule has 4 heteroatoms. The van der Waals surface area contributed by atoms with Gasteiger partial charge in [0.05, 0.1) is 19.3 Å². The summed E-state index contributed by atoms with van der Waals surface area (Å²) in [6.07, 6.45) is 10.8. The van der Waals surface area contributed by atoms with E-state index in [1.54, 1.807) is 0 Å². The maximum atomic E-state index is 6.08. The first-order valence-corrected chi connectivity index (χ1v) is 8.42. The van der Waals surface area contributed by atoms with Crippen molar-refractivity contribution >= 4 is 5.96 Å². The summed E-state index contributed by atoms with van der Waals surface area (Å²) in [5, 5.41) is 0. The van der Waals surface area contributed by atoms with Gasteiger partial charge in [-0.1, -0.05) is 32.6 Å². The van der Waals surface area contributed by atoms with E-state index in [0.29, 0.717) is 18.6 Å². The summed E-state index contributed by atoms with van der Waals surface area (Å²) < 4.78 is 5.94. The standard InChI is InChI=1S/C16H31N3O/c1-14-7-6-11-19(13-14)16(17)18-10-12-20-15-8-4-2-3-5-9-15/h14-15H,2-13H2,1H3,(H2,17,18). The minimum Gasteiger partial charge on any atom is -0.376 e. The topological polar surface area (TPSA) is 50.8 Å². The van der Waals surface area contributed by atoms with Crippen LogP contribution in [-0.4, -0.2) is 43.2 Å². The molecule has 0 amide bonds. The van der Waals surface area contributed by atoms with Gasteiger partial charge >= 0.3 is 0 Å². The quantitative estimate of drug-likeness (QED) is 0.373. The highest BCUT2D eigenvalue weighted by atomic mass is 16.5. The molecule has 1 aliphatic heterocycles. The largest absolute Gasteiger partial charge is 0.376 e. The number of ether oxygens (including phenoxy) is 1. The molecule has 1 saturated heterocycles. The summed E-state index contributed by atoms with van der Waals surface area (Å²) in [5.41, 5.74) is 6.08. The van der Waals surface area contributed by atoms with Crippen LogP contribution in [0.5, 0.6) is 0 Å². The summed E-state index contributed by atoms with van der Waals surface area (Å²) >= 11 is 0. The Kier molecular flexibility index (Phi) is 6.64. The summed E-state index contributed by atoms with van der Waals surface area (Å²) in [7, 11) is 0. The number of nitrogens with two attached hydrogens (primary N) is 1. The average Bonchev–Trinajstić information content (AvgIpc) is 2.72. The lowest BCUT2D eigenvalue weighted by Gasteiger charge is -2.31. The lowest BCUT2D eigenvalue weighted by molar-refractivity contribution is 0.0486. The molecule has 20 heavy (non-hydrogen) atoms. The van der Waals surface area contributed by atoms with E-state index in [-0.39, 0.29) is 0 Å². The Balaban J connectivity index is 1.64. The van der Waals surface area contributed by atoms with Crippen LogP contribution < -0.4 is 5.73 Å². The first-order valence-electron chi connectivity index (χ1n) is 8.42. The maximum Gasteiger partial charge on any atom is 0.191 e. The van der Waals surface area contributed by atoms with Gasteiger partial charge in [0, 0.05) is 13.1 Å². The molecule has 1 atom stereocenters. The molecule has 0 aromatic heterocycles. The van der Waals surface area contributed by atoms with E-state index in [1.165, 1.54) is 51.4 Å². The first kappa shape index (κ1) is 15.6. The zero-order valence-electron chi connectivity index (χ0n) is 13.0. The number of piperidine rings is 1. The summed E-state index contributed by atoms with van der Waals surface area (Å²) in [6.45, 7) is 5.82. The molecule has 0 aromatic carbocycles. The predicted octanol–water partition coefficient (Wildman–Crippen LogP) is 2.77. The summed E-state index contributed by atoms with van der Waals surface area (Å²) in [6, 6.07) is 0. The van der Waals surface area contributed by atoms with Gasteiger partial charge in [-0.25, -0.2) is 0 Å². The second-order valence-corrected chi connectivity index (χ2v) is 6.42. The maximum absolute atomic E-state index is 6.08. The molecule has 4 nitrogen and oxygen atoms in total. The van der Waals surface area contributed by atoms with Crippen LogP contribution in [0.25, 0.3) is 0 Å². The molecular weight excluding hydrogens is 250 g/mol. The van der Waals surface area contributed by atoms with Gasteiger partial charge in [0.15, 0.2) is 5.96 Å². The normalized spacial score (nSPS) is 26.6. The SMILES string of the molecule is CC1CCCN(C(N)=NCCOC2CCCCCC2)C1. The van der Waals surface area contributed by atoms with E-state index >= 15 is 0 Å². The Bertz CT molecular complexity index is 298. The fourth-order valence-corrected chi connectivity index (χ4v) is 3.29. The van der Waals surface area contributed by atoms with E-state index in [2.05, 4.69) is 16.8 Å². The van der Waals surface area contributed by atoms with Crippen molar-refractivity contribution in [3.63, 3.8) is 0 Å². The van der Waals surface area contributed by atoms with E-state index in [0.717, 1.165) is 25.6 Å². The molecule has 0 spiro atoms. The highest BCUT2D eigenvalue weighted by molar-refractivity contribution is 5.78.